The van der Waals surface area contributed by atoms with Crippen LogP contribution in [0.4, 0.5) is 10.5 Å². The van der Waals surface area contributed by atoms with Crippen LogP contribution in [-0.4, -0.2) is 34.6 Å². The fourth-order valence-electron chi connectivity index (χ4n) is 2.13. The minimum atomic E-state index is -0.947. The molecule has 2 amide bonds. The maximum Gasteiger partial charge on any atom is 0.326 e. The average molecular weight is 327 g/mol. The molecule has 2 N–H and O–H groups in total. The van der Waals surface area contributed by atoms with Gasteiger partial charge in [-0.3, -0.25) is 0 Å². The largest absolute Gasteiger partial charge is 0.480 e. The third-order valence-corrected chi connectivity index (χ3v) is 4.08. The quantitative estimate of drug-likeness (QED) is 0.877. The van der Waals surface area contributed by atoms with Crippen LogP contribution in [0.5, 0.6) is 0 Å². The van der Waals surface area contributed by atoms with Crippen molar-refractivity contribution in [2.24, 2.45) is 0 Å². The van der Waals surface area contributed by atoms with E-state index < -0.39 is 12.0 Å². The summed E-state index contributed by atoms with van der Waals surface area (Å²) in [4.78, 5) is 24.5. The highest BCUT2D eigenvalue weighted by Gasteiger charge is 2.33. The number of urea groups is 1. The van der Waals surface area contributed by atoms with Gasteiger partial charge in [-0.15, -0.1) is 0 Å². The van der Waals surface area contributed by atoms with E-state index in [0.29, 0.717) is 18.7 Å². The van der Waals surface area contributed by atoms with Crippen LogP contribution >= 0.6 is 15.9 Å². The fraction of sp³-hybridized carbons (Fsp3) is 0.385. The van der Waals surface area contributed by atoms with E-state index >= 15 is 0 Å². The molecule has 0 aliphatic carbocycles. The molecule has 0 radical (unpaired) electrons. The van der Waals surface area contributed by atoms with Crippen LogP contribution in [0.25, 0.3) is 0 Å². The number of nitrogens with one attached hydrogen (secondary N) is 1. The third kappa shape index (κ3) is 3.07. The lowest BCUT2D eigenvalue weighted by Gasteiger charge is -2.21. The molecule has 2 rings (SSSR count). The highest BCUT2D eigenvalue weighted by Crippen LogP contribution is 2.23. The molecule has 1 atom stereocenters. The average Bonchev–Trinajstić information content (AvgIpc) is 2.83. The molecule has 1 aromatic rings. The lowest BCUT2D eigenvalue weighted by molar-refractivity contribution is -0.141. The molecule has 102 valence electrons. The van der Waals surface area contributed by atoms with Gasteiger partial charge < -0.3 is 15.3 Å². The van der Waals surface area contributed by atoms with Crippen molar-refractivity contribution in [3.63, 3.8) is 0 Å². The van der Waals surface area contributed by atoms with Gasteiger partial charge in [0.05, 0.1) is 0 Å². The Morgan fingerprint density at radius 3 is 2.84 bits per heavy atom. The summed E-state index contributed by atoms with van der Waals surface area (Å²) in [7, 11) is 0. The van der Waals surface area contributed by atoms with Crippen molar-refractivity contribution < 1.29 is 14.7 Å². The molecule has 5 nitrogen and oxygen atoms in total. The summed E-state index contributed by atoms with van der Waals surface area (Å²) in [5.74, 6) is -0.947. The number of aryl methyl sites for hydroxylation is 1. The van der Waals surface area contributed by atoms with Gasteiger partial charge in [0, 0.05) is 16.7 Å². The molecule has 0 aromatic heterocycles. The van der Waals surface area contributed by atoms with Gasteiger partial charge >= 0.3 is 12.0 Å². The van der Waals surface area contributed by atoms with Crippen LogP contribution in [-0.2, 0) is 4.79 Å². The number of halogens is 1. The van der Waals surface area contributed by atoms with Crippen LogP contribution in [0.2, 0.25) is 0 Å². The summed E-state index contributed by atoms with van der Waals surface area (Å²) in [6.07, 6.45) is 1.24. The van der Waals surface area contributed by atoms with Crippen LogP contribution < -0.4 is 5.32 Å². The second-order valence-electron chi connectivity index (χ2n) is 4.58. The summed E-state index contributed by atoms with van der Waals surface area (Å²) in [5, 5.41) is 11.8. The van der Waals surface area contributed by atoms with Crippen LogP contribution in [0.15, 0.2) is 22.7 Å². The summed E-state index contributed by atoms with van der Waals surface area (Å²) >= 11 is 3.40. The van der Waals surface area contributed by atoms with Gasteiger partial charge in [0.15, 0.2) is 0 Å². The number of carboxylic acids is 1. The summed E-state index contributed by atoms with van der Waals surface area (Å²) in [6, 6.07) is 4.41. The lowest BCUT2D eigenvalue weighted by atomic mass is 10.2. The Kier molecular flexibility index (Phi) is 4.09. The first-order valence-electron chi connectivity index (χ1n) is 6.05. The normalized spacial score (nSPS) is 18.4. The number of anilines is 1. The van der Waals surface area contributed by atoms with E-state index in [-0.39, 0.29) is 6.03 Å². The van der Waals surface area contributed by atoms with Gasteiger partial charge in [0.2, 0.25) is 0 Å². The van der Waals surface area contributed by atoms with Gasteiger partial charge in [-0.1, -0.05) is 22.0 Å². The van der Waals surface area contributed by atoms with Gasteiger partial charge in [0.1, 0.15) is 6.04 Å². The van der Waals surface area contributed by atoms with Crippen LogP contribution in [0.1, 0.15) is 18.4 Å². The number of nitrogens with zero attached hydrogens (tertiary/aromatic N) is 1. The summed E-state index contributed by atoms with van der Waals surface area (Å²) in [6.45, 7) is 2.44. The van der Waals surface area contributed by atoms with E-state index in [1.807, 2.05) is 13.0 Å². The Morgan fingerprint density at radius 1 is 1.47 bits per heavy atom. The molecule has 1 aromatic carbocycles. The summed E-state index contributed by atoms with van der Waals surface area (Å²) < 4.78 is 0.904. The maximum atomic E-state index is 12.1. The van der Waals surface area contributed by atoms with E-state index in [2.05, 4.69) is 21.2 Å². The van der Waals surface area contributed by atoms with Crippen molar-refractivity contribution in [3.8, 4) is 0 Å². The lowest BCUT2D eigenvalue weighted by Crippen LogP contribution is -2.42. The SMILES string of the molecule is Cc1ccc(NC(=O)N2CCCC2C(=O)O)cc1Br. The molecule has 6 heteroatoms. The molecule has 1 aliphatic rings. The zero-order valence-corrected chi connectivity index (χ0v) is 12.1. The number of likely N-dealkylation sites (tertiary alicyclic amines) is 1. The Hall–Kier alpha value is -1.56. The van der Waals surface area contributed by atoms with Crippen molar-refractivity contribution >= 4 is 33.6 Å². The zero-order chi connectivity index (χ0) is 14.0. The Balaban J connectivity index is 2.08. The smallest absolute Gasteiger partial charge is 0.326 e. The first-order chi connectivity index (χ1) is 8.99. The Morgan fingerprint density at radius 2 is 2.21 bits per heavy atom. The van der Waals surface area contributed by atoms with Gasteiger partial charge in [-0.25, -0.2) is 9.59 Å². The number of hydrogen-bond acceptors (Lipinski definition) is 2. The molecule has 1 aliphatic heterocycles. The van der Waals surface area contributed by atoms with Gasteiger partial charge in [0.25, 0.3) is 0 Å². The molecule has 0 bridgehead atoms. The molecular formula is C13H15BrN2O3. The van der Waals surface area contributed by atoms with Crippen molar-refractivity contribution in [1.29, 1.82) is 0 Å². The fourth-order valence-corrected chi connectivity index (χ4v) is 2.51. The van der Waals surface area contributed by atoms with Crippen molar-refractivity contribution in [2.45, 2.75) is 25.8 Å². The number of hydrogen-bond donors (Lipinski definition) is 2. The predicted molar refractivity (Wildman–Crippen MR) is 75.3 cm³/mol. The number of rotatable bonds is 2. The van der Waals surface area contributed by atoms with E-state index in [1.165, 1.54) is 4.90 Å². The number of aliphatic carboxylic acids is 1. The maximum absolute atomic E-state index is 12.1. The van der Waals surface area contributed by atoms with Crippen molar-refractivity contribution in [1.82, 2.24) is 4.90 Å². The number of carboxylic acid groups (broad SMARTS) is 1. The molecule has 1 heterocycles. The van der Waals surface area contributed by atoms with Crippen molar-refractivity contribution in [3.05, 3.63) is 28.2 Å². The van der Waals surface area contributed by atoms with E-state index in [9.17, 15) is 9.59 Å². The molecule has 19 heavy (non-hydrogen) atoms. The molecule has 1 fully saturated rings. The molecule has 1 saturated heterocycles. The van der Waals surface area contributed by atoms with Crippen LogP contribution in [0.3, 0.4) is 0 Å². The first-order valence-corrected chi connectivity index (χ1v) is 6.85. The highest BCUT2D eigenvalue weighted by molar-refractivity contribution is 9.10. The molecule has 1 unspecified atom stereocenters. The minimum Gasteiger partial charge on any atom is -0.480 e. The molecule has 0 spiro atoms. The van der Waals surface area contributed by atoms with E-state index in [0.717, 1.165) is 16.5 Å². The highest BCUT2D eigenvalue weighted by atomic mass is 79.9. The summed E-state index contributed by atoms with van der Waals surface area (Å²) in [5.41, 5.74) is 1.72. The molecular weight excluding hydrogens is 312 g/mol. The van der Waals surface area contributed by atoms with E-state index in [1.54, 1.807) is 12.1 Å². The second kappa shape index (κ2) is 5.61. The molecule has 0 saturated carbocycles. The standard InChI is InChI=1S/C13H15BrN2O3/c1-8-4-5-9(7-10(8)14)15-13(19)16-6-2-3-11(16)12(17)18/h4-5,7,11H,2-3,6H2,1H3,(H,15,19)(H,17,18). The number of benzene rings is 1. The van der Waals surface area contributed by atoms with Gasteiger partial charge in [-0.2, -0.15) is 0 Å². The Labute approximate surface area is 119 Å². The third-order valence-electron chi connectivity index (χ3n) is 3.22. The van der Waals surface area contributed by atoms with E-state index in [4.69, 9.17) is 5.11 Å². The zero-order valence-electron chi connectivity index (χ0n) is 10.5. The van der Waals surface area contributed by atoms with Gasteiger partial charge in [-0.05, 0) is 37.5 Å². The van der Waals surface area contributed by atoms with Crippen molar-refractivity contribution in [2.75, 3.05) is 11.9 Å². The second-order valence-corrected chi connectivity index (χ2v) is 5.44. The minimum absolute atomic E-state index is 0.361. The predicted octanol–water partition coefficient (Wildman–Crippen LogP) is 2.84. The van der Waals surface area contributed by atoms with Crippen LogP contribution in [0, 0.1) is 6.92 Å². The number of carbonyl (C=O) groups excluding carboxylic acids is 1. The Bertz CT molecular complexity index is 519. The first kappa shape index (κ1) is 13.9. The topological polar surface area (TPSA) is 69.6 Å². The monoisotopic (exact) mass is 326 g/mol. The number of carbonyl (C=O) groups is 2. The number of amides is 2.